The van der Waals surface area contributed by atoms with Gasteiger partial charge in [-0.25, -0.2) is 8.42 Å². The third kappa shape index (κ3) is 4.44. The van der Waals surface area contributed by atoms with Crippen LogP contribution in [0.3, 0.4) is 0 Å². The van der Waals surface area contributed by atoms with Crippen LogP contribution in [0.1, 0.15) is 36.4 Å². The second-order valence-corrected chi connectivity index (χ2v) is 10.5. The summed E-state index contributed by atoms with van der Waals surface area (Å²) in [5.41, 5.74) is 1.77. The second-order valence-electron chi connectivity index (χ2n) is 8.59. The molecule has 2 aromatic carbocycles. The summed E-state index contributed by atoms with van der Waals surface area (Å²) in [6.45, 7) is 5.45. The van der Waals surface area contributed by atoms with Crippen molar-refractivity contribution < 1.29 is 22.4 Å². The summed E-state index contributed by atoms with van der Waals surface area (Å²) in [6, 6.07) is 13.7. The zero-order valence-corrected chi connectivity index (χ0v) is 19.3. The monoisotopic (exact) mass is 456 g/mol. The van der Waals surface area contributed by atoms with Gasteiger partial charge in [0.1, 0.15) is 5.58 Å². The molecular weight excluding hydrogens is 428 g/mol. The SMILES string of the molecule is COCc1c(C(=O)Nc2ccc(S(=O)(=O)N3CC(C)CC(C)C3)cc2)oc2ccccc12. The van der Waals surface area contributed by atoms with E-state index in [4.69, 9.17) is 9.15 Å². The van der Waals surface area contributed by atoms with E-state index >= 15 is 0 Å². The fraction of sp³-hybridized carbons (Fsp3) is 0.375. The number of piperidine rings is 1. The molecule has 1 amide bonds. The fourth-order valence-corrected chi connectivity index (χ4v) is 6.10. The van der Waals surface area contributed by atoms with Crippen molar-refractivity contribution in [3.8, 4) is 0 Å². The van der Waals surface area contributed by atoms with Gasteiger partial charge in [-0.15, -0.1) is 0 Å². The average Bonchev–Trinajstić information content (AvgIpc) is 3.12. The molecule has 1 aromatic heterocycles. The second kappa shape index (κ2) is 9.05. The summed E-state index contributed by atoms with van der Waals surface area (Å²) < 4.78 is 38.7. The topological polar surface area (TPSA) is 88.8 Å². The number of para-hydroxylation sites is 1. The van der Waals surface area contributed by atoms with Crippen LogP contribution in [-0.4, -0.2) is 38.8 Å². The number of amides is 1. The van der Waals surface area contributed by atoms with Gasteiger partial charge in [0.15, 0.2) is 5.76 Å². The van der Waals surface area contributed by atoms with Crippen molar-refractivity contribution in [1.29, 1.82) is 0 Å². The predicted molar refractivity (Wildman–Crippen MR) is 123 cm³/mol. The van der Waals surface area contributed by atoms with Crippen LogP contribution in [0, 0.1) is 11.8 Å². The molecule has 1 fully saturated rings. The van der Waals surface area contributed by atoms with Crippen LogP contribution >= 0.6 is 0 Å². The number of fused-ring (bicyclic) bond motifs is 1. The molecule has 0 bridgehead atoms. The normalized spacial score (nSPS) is 19.8. The highest BCUT2D eigenvalue weighted by Gasteiger charge is 2.31. The van der Waals surface area contributed by atoms with Crippen molar-refractivity contribution in [2.24, 2.45) is 11.8 Å². The summed E-state index contributed by atoms with van der Waals surface area (Å²) >= 11 is 0. The Hall–Kier alpha value is -2.68. The number of sulfonamides is 1. The zero-order valence-electron chi connectivity index (χ0n) is 18.5. The molecule has 32 heavy (non-hydrogen) atoms. The first-order valence-electron chi connectivity index (χ1n) is 10.7. The maximum absolute atomic E-state index is 13.1. The molecular formula is C24H28N2O5S. The largest absolute Gasteiger partial charge is 0.451 e. The van der Waals surface area contributed by atoms with Crippen molar-refractivity contribution in [2.45, 2.75) is 31.8 Å². The number of carbonyl (C=O) groups is 1. The highest BCUT2D eigenvalue weighted by atomic mass is 32.2. The molecule has 1 aliphatic heterocycles. The number of carbonyl (C=O) groups excluding carboxylic acids is 1. The van der Waals surface area contributed by atoms with Crippen LogP contribution in [0.5, 0.6) is 0 Å². The Bertz CT molecular complexity index is 1210. The molecule has 1 N–H and O–H groups in total. The van der Waals surface area contributed by atoms with E-state index < -0.39 is 15.9 Å². The fourth-order valence-electron chi connectivity index (χ4n) is 4.42. The molecule has 2 unspecified atom stereocenters. The summed E-state index contributed by atoms with van der Waals surface area (Å²) in [5, 5.41) is 3.62. The van der Waals surface area contributed by atoms with Gasteiger partial charge in [0.2, 0.25) is 10.0 Å². The Kier molecular flexibility index (Phi) is 6.37. The maximum Gasteiger partial charge on any atom is 0.291 e. The third-order valence-corrected chi connectivity index (χ3v) is 7.62. The number of methoxy groups -OCH3 is 1. The first-order chi connectivity index (χ1) is 15.3. The molecule has 0 saturated carbocycles. The van der Waals surface area contributed by atoms with E-state index in [2.05, 4.69) is 19.2 Å². The minimum Gasteiger partial charge on any atom is -0.451 e. The number of hydrogen-bond acceptors (Lipinski definition) is 5. The Morgan fingerprint density at radius 3 is 2.41 bits per heavy atom. The van der Waals surface area contributed by atoms with E-state index in [0.29, 0.717) is 41.8 Å². The molecule has 3 aromatic rings. The van der Waals surface area contributed by atoms with Crippen molar-refractivity contribution in [3.63, 3.8) is 0 Å². The van der Waals surface area contributed by atoms with Crippen LogP contribution in [-0.2, 0) is 21.4 Å². The molecule has 8 heteroatoms. The highest BCUT2D eigenvalue weighted by molar-refractivity contribution is 7.89. The molecule has 7 nitrogen and oxygen atoms in total. The number of benzene rings is 2. The lowest BCUT2D eigenvalue weighted by Gasteiger charge is -2.34. The molecule has 0 radical (unpaired) electrons. The van der Waals surface area contributed by atoms with Crippen LogP contribution < -0.4 is 5.32 Å². The van der Waals surface area contributed by atoms with Crippen molar-refractivity contribution in [2.75, 3.05) is 25.5 Å². The minimum absolute atomic E-state index is 0.182. The Balaban J connectivity index is 1.54. The zero-order chi connectivity index (χ0) is 22.9. The van der Waals surface area contributed by atoms with Crippen molar-refractivity contribution in [1.82, 2.24) is 4.31 Å². The number of ether oxygens (including phenoxy) is 1. The lowest BCUT2D eigenvalue weighted by Crippen LogP contribution is -2.42. The van der Waals surface area contributed by atoms with Crippen LogP contribution in [0.15, 0.2) is 57.8 Å². The number of rotatable bonds is 6. The number of nitrogens with one attached hydrogen (secondary N) is 1. The van der Waals surface area contributed by atoms with Gasteiger partial charge in [0.25, 0.3) is 5.91 Å². The smallest absolute Gasteiger partial charge is 0.291 e. The lowest BCUT2D eigenvalue weighted by atomic mass is 9.94. The van der Waals surface area contributed by atoms with Gasteiger partial charge in [-0.2, -0.15) is 4.31 Å². The van der Waals surface area contributed by atoms with Gasteiger partial charge in [-0.05, 0) is 48.6 Å². The van der Waals surface area contributed by atoms with Crippen LogP contribution in [0.2, 0.25) is 0 Å². The summed E-state index contributed by atoms with van der Waals surface area (Å²) in [6.07, 6.45) is 1.03. The number of furan rings is 1. The predicted octanol–water partition coefficient (Wildman–Crippen LogP) is 4.50. The van der Waals surface area contributed by atoms with E-state index in [1.165, 1.54) is 12.1 Å². The summed E-state index contributed by atoms with van der Waals surface area (Å²) in [5.74, 6) is 0.429. The standard InChI is InChI=1S/C24H28N2O5S/c1-16-12-17(2)14-26(13-16)32(28,29)19-10-8-18(9-11-19)25-24(27)23-21(15-30-3)20-6-4-5-7-22(20)31-23/h4-11,16-17H,12-15H2,1-3H3,(H,25,27). The van der Waals surface area contributed by atoms with Crippen LogP contribution in [0.4, 0.5) is 5.69 Å². The van der Waals surface area contributed by atoms with Crippen LogP contribution in [0.25, 0.3) is 11.0 Å². The molecule has 1 aliphatic rings. The van der Waals surface area contributed by atoms with E-state index in [1.807, 2.05) is 18.2 Å². The highest BCUT2D eigenvalue weighted by Crippen LogP contribution is 2.29. The number of hydrogen-bond donors (Lipinski definition) is 1. The van der Waals surface area contributed by atoms with Gasteiger partial charge < -0.3 is 14.5 Å². The summed E-state index contributed by atoms with van der Waals surface area (Å²) in [4.78, 5) is 13.1. The van der Waals surface area contributed by atoms with E-state index in [1.54, 1.807) is 29.6 Å². The average molecular weight is 457 g/mol. The number of anilines is 1. The quantitative estimate of drug-likeness (QED) is 0.590. The van der Waals surface area contributed by atoms with E-state index in [0.717, 1.165) is 11.8 Å². The van der Waals surface area contributed by atoms with E-state index in [-0.39, 0.29) is 17.3 Å². The first-order valence-corrected chi connectivity index (χ1v) is 12.1. The molecule has 0 aliphatic carbocycles. The molecule has 0 spiro atoms. The summed E-state index contributed by atoms with van der Waals surface area (Å²) in [7, 11) is -2.01. The Labute approximate surface area is 188 Å². The first kappa shape index (κ1) is 22.5. The maximum atomic E-state index is 13.1. The minimum atomic E-state index is -3.57. The lowest BCUT2D eigenvalue weighted by molar-refractivity contribution is 0.0992. The molecule has 2 atom stereocenters. The van der Waals surface area contributed by atoms with Crippen molar-refractivity contribution in [3.05, 3.63) is 59.9 Å². The van der Waals surface area contributed by atoms with Gasteiger partial charge in [0, 0.05) is 36.8 Å². The Morgan fingerprint density at radius 2 is 1.75 bits per heavy atom. The molecule has 1 saturated heterocycles. The van der Waals surface area contributed by atoms with Gasteiger partial charge in [0.05, 0.1) is 11.5 Å². The molecule has 170 valence electrons. The molecule has 4 rings (SSSR count). The third-order valence-electron chi connectivity index (χ3n) is 5.78. The number of nitrogens with zero attached hydrogens (tertiary/aromatic N) is 1. The van der Waals surface area contributed by atoms with Gasteiger partial charge in [-0.1, -0.05) is 32.0 Å². The van der Waals surface area contributed by atoms with Crippen molar-refractivity contribution >= 4 is 32.6 Å². The van der Waals surface area contributed by atoms with Gasteiger partial charge in [-0.3, -0.25) is 4.79 Å². The Morgan fingerprint density at radius 1 is 1.09 bits per heavy atom. The van der Waals surface area contributed by atoms with Gasteiger partial charge >= 0.3 is 0 Å². The molecule has 2 heterocycles. The van der Waals surface area contributed by atoms with E-state index in [9.17, 15) is 13.2 Å².